The highest BCUT2D eigenvalue weighted by atomic mass is 35.5. The molecule has 1 aliphatic heterocycles. The van der Waals surface area contributed by atoms with E-state index in [0.717, 1.165) is 12.0 Å². The first kappa shape index (κ1) is 25.2. The SMILES string of the molecule is CC[C@H](C)N(CC(=O)N1CCc2sccc2[C@H]1COc1cccc(F)c1)C(=O)c1cccc(Cl)c1. The number of rotatable bonds is 8. The quantitative estimate of drug-likeness (QED) is 0.371. The van der Waals surface area contributed by atoms with E-state index >= 15 is 0 Å². The van der Waals surface area contributed by atoms with E-state index in [1.165, 1.54) is 17.0 Å². The lowest BCUT2D eigenvalue weighted by molar-refractivity contribution is -0.136. The third kappa shape index (κ3) is 5.85. The largest absolute Gasteiger partial charge is 0.491 e. The average Bonchev–Trinajstić information content (AvgIpc) is 3.34. The van der Waals surface area contributed by atoms with Crippen LogP contribution in [0.3, 0.4) is 0 Å². The molecule has 2 amide bonds. The van der Waals surface area contributed by atoms with Gasteiger partial charge in [0.2, 0.25) is 5.91 Å². The van der Waals surface area contributed by atoms with Crippen LogP contribution in [0.2, 0.25) is 5.02 Å². The third-order valence-corrected chi connectivity index (χ3v) is 7.61. The smallest absolute Gasteiger partial charge is 0.254 e. The fourth-order valence-corrected chi connectivity index (χ4v) is 5.40. The van der Waals surface area contributed by atoms with Gasteiger partial charge >= 0.3 is 0 Å². The molecule has 3 aromatic rings. The van der Waals surface area contributed by atoms with E-state index < -0.39 is 0 Å². The number of hydrogen-bond acceptors (Lipinski definition) is 4. The highest BCUT2D eigenvalue weighted by Crippen LogP contribution is 2.34. The van der Waals surface area contributed by atoms with Gasteiger partial charge in [0.05, 0.1) is 6.04 Å². The lowest BCUT2D eigenvalue weighted by Crippen LogP contribution is -2.49. The van der Waals surface area contributed by atoms with Crippen LogP contribution >= 0.6 is 22.9 Å². The highest BCUT2D eigenvalue weighted by molar-refractivity contribution is 7.10. The number of fused-ring (bicyclic) bond motifs is 1. The zero-order valence-corrected chi connectivity index (χ0v) is 21.3. The summed E-state index contributed by atoms with van der Waals surface area (Å²) in [6.45, 7) is 4.61. The lowest BCUT2D eigenvalue weighted by atomic mass is 10.00. The Labute approximate surface area is 214 Å². The molecule has 0 bridgehead atoms. The number of halogens is 2. The van der Waals surface area contributed by atoms with Gasteiger partial charge in [-0.3, -0.25) is 9.59 Å². The first-order valence-corrected chi connectivity index (χ1v) is 12.9. The summed E-state index contributed by atoms with van der Waals surface area (Å²) in [7, 11) is 0. The summed E-state index contributed by atoms with van der Waals surface area (Å²) in [5.74, 6) is -0.336. The second-order valence-corrected chi connectivity index (χ2v) is 10.1. The molecule has 0 unspecified atom stereocenters. The Morgan fingerprint density at radius 2 is 2.03 bits per heavy atom. The maximum absolute atomic E-state index is 13.6. The first-order chi connectivity index (χ1) is 16.9. The van der Waals surface area contributed by atoms with Crippen molar-refractivity contribution in [1.82, 2.24) is 9.80 Å². The Balaban J connectivity index is 1.55. The standard InChI is InChI=1S/C27H28ClFN2O3S/c1-3-18(2)31(27(33)19-6-4-7-20(28)14-19)16-26(32)30-12-10-25-23(11-13-35-25)24(30)17-34-22-9-5-8-21(29)15-22/h4-9,11,13-15,18,24H,3,10,12,16-17H2,1-2H3/t18-,24+/m0/s1. The Morgan fingerprint density at radius 3 is 2.77 bits per heavy atom. The minimum atomic E-state index is -0.376. The van der Waals surface area contributed by atoms with Gasteiger partial charge < -0.3 is 14.5 Å². The summed E-state index contributed by atoms with van der Waals surface area (Å²) in [5, 5.41) is 2.49. The Morgan fingerprint density at radius 1 is 1.23 bits per heavy atom. The fourth-order valence-electron chi connectivity index (χ4n) is 4.28. The number of carbonyl (C=O) groups excluding carboxylic acids is 2. The topological polar surface area (TPSA) is 49.9 Å². The first-order valence-electron chi connectivity index (χ1n) is 11.7. The predicted molar refractivity (Wildman–Crippen MR) is 137 cm³/mol. The molecule has 0 aliphatic carbocycles. The minimum absolute atomic E-state index is 0.0453. The monoisotopic (exact) mass is 514 g/mol. The van der Waals surface area contributed by atoms with Gasteiger partial charge in [0.15, 0.2) is 0 Å². The van der Waals surface area contributed by atoms with Crippen LogP contribution in [0.15, 0.2) is 60.0 Å². The number of nitrogens with zero attached hydrogens (tertiary/aromatic N) is 2. The molecule has 8 heteroatoms. The van der Waals surface area contributed by atoms with Crippen LogP contribution in [0.25, 0.3) is 0 Å². The van der Waals surface area contributed by atoms with Crippen molar-refractivity contribution in [1.29, 1.82) is 0 Å². The van der Waals surface area contributed by atoms with Gasteiger partial charge in [0, 0.05) is 34.1 Å². The molecular weight excluding hydrogens is 487 g/mol. The predicted octanol–water partition coefficient (Wildman–Crippen LogP) is 5.99. The molecule has 0 radical (unpaired) electrons. The van der Waals surface area contributed by atoms with E-state index in [-0.39, 0.29) is 42.9 Å². The molecular formula is C27H28ClFN2O3S. The molecule has 2 aromatic carbocycles. The van der Waals surface area contributed by atoms with Crippen molar-refractivity contribution in [2.24, 2.45) is 0 Å². The van der Waals surface area contributed by atoms with E-state index in [1.807, 2.05) is 25.3 Å². The third-order valence-electron chi connectivity index (χ3n) is 6.38. The number of hydrogen-bond donors (Lipinski definition) is 0. The van der Waals surface area contributed by atoms with E-state index in [4.69, 9.17) is 16.3 Å². The number of carbonyl (C=O) groups is 2. The van der Waals surface area contributed by atoms with Gasteiger partial charge in [-0.05, 0) is 67.1 Å². The minimum Gasteiger partial charge on any atom is -0.491 e. The summed E-state index contributed by atoms with van der Waals surface area (Å²) < 4.78 is 19.5. The van der Waals surface area contributed by atoms with Crippen molar-refractivity contribution in [3.05, 3.63) is 86.8 Å². The average molecular weight is 515 g/mol. The fraction of sp³-hybridized carbons (Fsp3) is 0.333. The van der Waals surface area contributed by atoms with E-state index in [1.54, 1.807) is 57.5 Å². The summed E-state index contributed by atoms with van der Waals surface area (Å²) in [4.78, 5) is 31.6. The van der Waals surface area contributed by atoms with Crippen LogP contribution in [0.5, 0.6) is 5.75 Å². The van der Waals surface area contributed by atoms with Crippen molar-refractivity contribution in [3.8, 4) is 5.75 Å². The van der Waals surface area contributed by atoms with E-state index in [9.17, 15) is 14.0 Å². The molecule has 1 aromatic heterocycles. The van der Waals surface area contributed by atoms with Crippen molar-refractivity contribution < 1.29 is 18.7 Å². The summed E-state index contributed by atoms with van der Waals surface area (Å²) in [6, 6.07) is 14.3. The van der Waals surface area contributed by atoms with Crippen molar-refractivity contribution in [3.63, 3.8) is 0 Å². The number of amides is 2. The van der Waals surface area contributed by atoms with E-state index in [2.05, 4.69) is 0 Å². The highest BCUT2D eigenvalue weighted by Gasteiger charge is 2.34. The molecule has 5 nitrogen and oxygen atoms in total. The van der Waals surface area contributed by atoms with Crippen molar-refractivity contribution in [2.75, 3.05) is 19.7 Å². The molecule has 0 N–H and O–H groups in total. The Kier molecular flexibility index (Phi) is 8.08. The van der Waals surface area contributed by atoms with Crippen LogP contribution < -0.4 is 4.74 Å². The summed E-state index contributed by atoms with van der Waals surface area (Å²) >= 11 is 7.77. The Bertz CT molecular complexity index is 1200. The number of thiophene rings is 1. The molecule has 4 rings (SSSR count). The maximum Gasteiger partial charge on any atom is 0.254 e. The molecule has 0 spiro atoms. The van der Waals surface area contributed by atoms with Gasteiger partial charge in [-0.1, -0.05) is 30.7 Å². The maximum atomic E-state index is 13.6. The van der Waals surface area contributed by atoms with Crippen molar-refractivity contribution >= 4 is 34.8 Å². The van der Waals surface area contributed by atoms with Crippen molar-refractivity contribution in [2.45, 2.75) is 38.8 Å². The zero-order chi connectivity index (χ0) is 24.9. The van der Waals surface area contributed by atoms with Crippen LogP contribution in [-0.4, -0.2) is 47.4 Å². The van der Waals surface area contributed by atoms with Crippen LogP contribution in [0.1, 0.15) is 47.1 Å². The molecule has 0 saturated heterocycles. The summed E-state index contributed by atoms with van der Waals surface area (Å²) in [5.41, 5.74) is 1.50. The molecule has 184 valence electrons. The molecule has 0 fully saturated rings. The number of ether oxygens (including phenoxy) is 1. The van der Waals surface area contributed by atoms with Crippen LogP contribution in [0, 0.1) is 5.82 Å². The van der Waals surface area contributed by atoms with E-state index in [0.29, 0.717) is 29.3 Å². The van der Waals surface area contributed by atoms with Gasteiger partial charge in [-0.15, -0.1) is 11.3 Å². The molecule has 0 saturated carbocycles. The van der Waals surface area contributed by atoms with Gasteiger partial charge in [0.1, 0.15) is 24.7 Å². The second-order valence-electron chi connectivity index (χ2n) is 8.62. The van der Waals surface area contributed by atoms with Crippen LogP contribution in [0.4, 0.5) is 4.39 Å². The van der Waals surface area contributed by atoms with Crippen LogP contribution in [-0.2, 0) is 11.2 Å². The zero-order valence-electron chi connectivity index (χ0n) is 19.7. The normalized spacial score (nSPS) is 15.9. The molecule has 2 heterocycles. The van der Waals surface area contributed by atoms with Gasteiger partial charge in [0.25, 0.3) is 5.91 Å². The molecule has 35 heavy (non-hydrogen) atoms. The second kappa shape index (κ2) is 11.2. The van der Waals surface area contributed by atoms with Gasteiger partial charge in [-0.25, -0.2) is 4.39 Å². The summed E-state index contributed by atoms with van der Waals surface area (Å²) in [6.07, 6.45) is 1.46. The molecule has 1 aliphatic rings. The number of benzene rings is 2. The Hall–Kier alpha value is -2.90. The lowest BCUT2D eigenvalue weighted by Gasteiger charge is -2.38. The van der Waals surface area contributed by atoms with Gasteiger partial charge in [-0.2, -0.15) is 0 Å². The molecule has 2 atom stereocenters.